The Kier molecular flexibility index (Phi) is 3.64. The molecule has 0 amide bonds. The maximum Gasteiger partial charge on any atom is 0.343 e. The lowest BCUT2D eigenvalue weighted by atomic mass is 10.1. The Balaban J connectivity index is 2.94. The van der Waals surface area contributed by atoms with Gasteiger partial charge in [-0.05, 0) is 6.92 Å². The van der Waals surface area contributed by atoms with Crippen molar-refractivity contribution in [2.45, 2.75) is 6.92 Å². The first-order valence-corrected chi connectivity index (χ1v) is 4.26. The third-order valence-electron chi connectivity index (χ3n) is 1.82. The molecule has 0 radical (unpaired) electrons. The molecule has 0 fully saturated rings. The lowest BCUT2D eigenvalue weighted by Gasteiger charge is -2.14. The zero-order chi connectivity index (χ0) is 10.6. The fourth-order valence-electron chi connectivity index (χ4n) is 1.19. The van der Waals surface area contributed by atoms with Crippen molar-refractivity contribution in [3.05, 3.63) is 11.3 Å². The van der Waals surface area contributed by atoms with Crippen molar-refractivity contribution in [3.63, 3.8) is 0 Å². The van der Waals surface area contributed by atoms with E-state index >= 15 is 0 Å². The van der Waals surface area contributed by atoms with Gasteiger partial charge in [-0.1, -0.05) is 0 Å². The topological polar surface area (TPSA) is 68.1 Å². The molecule has 1 N–H and O–H groups in total. The molecule has 0 aromatic heterocycles. The zero-order valence-corrected chi connectivity index (χ0v) is 8.24. The number of aliphatic hydroxyl groups excluding tert-OH is 1. The van der Waals surface area contributed by atoms with Crippen LogP contribution in [0.3, 0.4) is 0 Å². The van der Waals surface area contributed by atoms with Gasteiger partial charge in [0.25, 0.3) is 0 Å². The van der Waals surface area contributed by atoms with Crippen molar-refractivity contribution in [1.82, 2.24) is 0 Å². The number of allylic oxidation sites excluding steroid dienone is 1. The van der Waals surface area contributed by atoms with E-state index in [2.05, 4.69) is 9.73 Å². The first kappa shape index (κ1) is 10.7. The molecule has 1 aliphatic heterocycles. The van der Waals surface area contributed by atoms with Crippen molar-refractivity contribution in [1.29, 1.82) is 0 Å². The zero-order valence-electron chi connectivity index (χ0n) is 8.24. The summed E-state index contributed by atoms with van der Waals surface area (Å²) < 4.78 is 9.66. The van der Waals surface area contributed by atoms with Crippen LogP contribution in [-0.4, -0.2) is 43.7 Å². The van der Waals surface area contributed by atoms with Crippen molar-refractivity contribution in [3.8, 4) is 0 Å². The number of rotatable bonds is 2. The molecule has 0 atom stereocenters. The van der Waals surface area contributed by atoms with Crippen LogP contribution in [-0.2, 0) is 14.3 Å². The second-order valence-corrected chi connectivity index (χ2v) is 2.83. The van der Waals surface area contributed by atoms with E-state index in [0.29, 0.717) is 18.9 Å². The molecule has 1 heterocycles. The van der Waals surface area contributed by atoms with Gasteiger partial charge in [0.2, 0.25) is 0 Å². The van der Waals surface area contributed by atoms with Crippen LogP contribution in [0.25, 0.3) is 0 Å². The minimum absolute atomic E-state index is 0.0962. The van der Waals surface area contributed by atoms with E-state index in [4.69, 9.17) is 4.74 Å². The molecule has 0 bridgehead atoms. The van der Waals surface area contributed by atoms with Crippen LogP contribution >= 0.6 is 0 Å². The molecule has 0 saturated heterocycles. The van der Waals surface area contributed by atoms with Gasteiger partial charge < -0.3 is 14.6 Å². The van der Waals surface area contributed by atoms with E-state index in [1.165, 1.54) is 14.0 Å². The molecule has 0 aliphatic carbocycles. The van der Waals surface area contributed by atoms with E-state index in [0.717, 1.165) is 0 Å². The maximum atomic E-state index is 11.3. The lowest BCUT2D eigenvalue weighted by Crippen LogP contribution is -2.25. The summed E-state index contributed by atoms with van der Waals surface area (Å²) in [7, 11) is 1.26. The number of nitrogens with zero attached hydrogens (tertiary/aromatic N) is 1. The SMILES string of the molecule is COC(=O)/C(C1=NCCOC1)=C(/C)O. The van der Waals surface area contributed by atoms with Crippen molar-refractivity contribution in [2.24, 2.45) is 4.99 Å². The van der Waals surface area contributed by atoms with Crippen LogP contribution in [0.4, 0.5) is 0 Å². The van der Waals surface area contributed by atoms with E-state index in [1.54, 1.807) is 0 Å². The normalized spacial score (nSPS) is 18.3. The summed E-state index contributed by atoms with van der Waals surface area (Å²) in [4.78, 5) is 15.4. The highest BCUT2D eigenvalue weighted by Crippen LogP contribution is 2.09. The molecule has 0 aromatic carbocycles. The number of aliphatic imine (C=N–C) groups is 1. The van der Waals surface area contributed by atoms with Crippen molar-refractivity contribution >= 4 is 11.7 Å². The molecule has 0 spiro atoms. The average molecular weight is 199 g/mol. The summed E-state index contributed by atoms with van der Waals surface area (Å²) in [5.74, 6) is -0.685. The lowest BCUT2D eigenvalue weighted by molar-refractivity contribution is -0.135. The highest BCUT2D eigenvalue weighted by atomic mass is 16.5. The summed E-state index contributed by atoms with van der Waals surface area (Å²) in [5, 5.41) is 9.31. The highest BCUT2D eigenvalue weighted by Gasteiger charge is 2.21. The highest BCUT2D eigenvalue weighted by molar-refractivity contribution is 6.20. The van der Waals surface area contributed by atoms with Gasteiger partial charge in [-0.3, -0.25) is 4.99 Å². The summed E-state index contributed by atoms with van der Waals surface area (Å²) >= 11 is 0. The number of hydrogen-bond donors (Lipinski definition) is 1. The summed E-state index contributed by atoms with van der Waals surface area (Å²) in [6, 6.07) is 0. The molecule has 0 unspecified atom stereocenters. The van der Waals surface area contributed by atoms with Gasteiger partial charge in [0.15, 0.2) is 0 Å². The van der Waals surface area contributed by atoms with Gasteiger partial charge in [0.05, 0.1) is 32.6 Å². The minimum Gasteiger partial charge on any atom is -0.512 e. The van der Waals surface area contributed by atoms with Crippen molar-refractivity contribution in [2.75, 3.05) is 26.9 Å². The molecule has 5 heteroatoms. The fourth-order valence-corrected chi connectivity index (χ4v) is 1.19. The fraction of sp³-hybridized carbons (Fsp3) is 0.556. The second kappa shape index (κ2) is 4.76. The first-order chi connectivity index (χ1) is 6.66. The predicted octanol–water partition coefficient (Wildman–Crippen LogP) is 0.463. The van der Waals surface area contributed by atoms with E-state index in [-0.39, 0.29) is 17.9 Å². The van der Waals surface area contributed by atoms with E-state index in [1.807, 2.05) is 0 Å². The first-order valence-electron chi connectivity index (χ1n) is 4.26. The van der Waals surface area contributed by atoms with Crippen LogP contribution in [0.2, 0.25) is 0 Å². The molecule has 0 aromatic rings. The Morgan fingerprint density at radius 1 is 1.64 bits per heavy atom. The van der Waals surface area contributed by atoms with Crippen LogP contribution in [0, 0.1) is 0 Å². The van der Waals surface area contributed by atoms with Gasteiger partial charge in [-0.2, -0.15) is 0 Å². The molecule has 1 aliphatic rings. The van der Waals surface area contributed by atoms with Gasteiger partial charge in [0.1, 0.15) is 11.3 Å². The van der Waals surface area contributed by atoms with Gasteiger partial charge in [-0.25, -0.2) is 4.79 Å². The molecule has 0 saturated carbocycles. The third kappa shape index (κ3) is 2.32. The maximum absolute atomic E-state index is 11.3. The quantitative estimate of drug-likeness (QED) is 0.398. The van der Waals surface area contributed by atoms with Crippen LogP contribution in [0.5, 0.6) is 0 Å². The van der Waals surface area contributed by atoms with Crippen LogP contribution in [0.15, 0.2) is 16.3 Å². The monoisotopic (exact) mass is 199 g/mol. The molecule has 1 rings (SSSR count). The smallest absolute Gasteiger partial charge is 0.343 e. The molecular formula is C9H13NO4. The number of ether oxygens (including phenoxy) is 2. The Hall–Kier alpha value is -1.36. The predicted molar refractivity (Wildman–Crippen MR) is 50.5 cm³/mol. The minimum atomic E-state index is -0.589. The average Bonchev–Trinajstić information content (AvgIpc) is 2.19. The Bertz CT molecular complexity index is 289. The summed E-state index contributed by atoms with van der Waals surface area (Å²) in [6.45, 7) is 2.71. The van der Waals surface area contributed by atoms with Crippen LogP contribution in [0.1, 0.15) is 6.92 Å². The molecule has 78 valence electrons. The number of carbonyl (C=O) groups excluding carboxylic acids is 1. The Morgan fingerprint density at radius 3 is 2.79 bits per heavy atom. The number of aliphatic hydroxyl groups is 1. The summed E-state index contributed by atoms with van der Waals surface area (Å²) in [6.07, 6.45) is 0. The molecule has 14 heavy (non-hydrogen) atoms. The number of methoxy groups -OCH3 is 1. The van der Waals surface area contributed by atoms with Crippen molar-refractivity contribution < 1.29 is 19.4 Å². The number of carbonyl (C=O) groups is 1. The second-order valence-electron chi connectivity index (χ2n) is 2.83. The van der Waals surface area contributed by atoms with E-state index in [9.17, 15) is 9.90 Å². The number of esters is 1. The third-order valence-corrected chi connectivity index (χ3v) is 1.82. The Morgan fingerprint density at radius 2 is 2.36 bits per heavy atom. The molecular weight excluding hydrogens is 186 g/mol. The largest absolute Gasteiger partial charge is 0.512 e. The van der Waals surface area contributed by atoms with Gasteiger partial charge >= 0.3 is 5.97 Å². The van der Waals surface area contributed by atoms with Gasteiger partial charge in [-0.15, -0.1) is 0 Å². The number of hydrogen-bond acceptors (Lipinski definition) is 5. The van der Waals surface area contributed by atoms with Gasteiger partial charge in [0, 0.05) is 0 Å². The Labute approximate surface area is 82.0 Å². The molecule has 5 nitrogen and oxygen atoms in total. The van der Waals surface area contributed by atoms with E-state index < -0.39 is 5.97 Å². The standard InChI is InChI=1S/C9H13NO4/c1-6(11)8(9(12)13-2)7-5-14-4-3-10-7/h11H,3-5H2,1-2H3/b8-6-. The van der Waals surface area contributed by atoms with Crippen LogP contribution < -0.4 is 0 Å². The summed E-state index contributed by atoms with van der Waals surface area (Å²) in [5.41, 5.74) is 0.551.